The van der Waals surface area contributed by atoms with Gasteiger partial charge in [0.15, 0.2) is 5.78 Å². The van der Waals surface area contributed by atoms with Crippen LogP contribution >= 0.6 is 0 Å². The van der Waals surface area contributed by atoms with Crippen molar-refractivity contribution >= 4 is 11.6 Å². The summed E-state index contributed by atoms with van der Waals surface area (Å²) in [5.41, 5.74) is 0.0423. The van der Waals surface area contributed by atoms with Crippen LogP contribution in [0.4, 0.5) is 0 Å². The standard InChI is InChI=1S/C19H26O3/c1-11-9-12-10-13(20)5-8-19(12,22)15-6-7-18(2)14(17(11)15)3-4-16(18)21/h10-11,14-15,17,22H,3-9H2,1-2H3/t11-,14+,15+,17+,18+,19?/m1/s1. The Morgan fingerprint density at radius 3 is 2.68 bits per heavy atom. The number of aliphatic hydroxyl groups is 1. The van der Waals surface area contributed by atoms with Crippen LogP contribution in [0.2, 0.25) is 0 Å². The fraction of sp³-hybridized carbons (Fsp3) is 0.789. The van der Waals surface area contributed by atoms with E-state index in [1.54, 1.807) is 6.08 Å². The molecule has 3 fully saturated rings. The van der Waals surface area contributed by atoms with Crippen molar-refractivity contribution in [2.75, 3.05) is 0 Å². The number of hydrogen-bond donors (Lipinski definition) is 1. The van der Waals surface area contributed by atoms with Gasteiger partial charge in [-0.05, 0) is 67.4 Å². The third-order valence-corrected chi connectivity index (χ3v) is 7.50. The van der Waals surface area contributed by atoms with Gasteiger partial charge in [0.2, 0.25) is 0 Å². The van der Waals surface area contributed by atoms with E-state index >= 15 is 0 Å². The summed E-state index contributed by atoms with van der Waals surface area (Å²) in [4.78, 5) is 24.2. The molecule has 0 spiro atoms. The first-order valence-electron chi connectivity index (χ1n) is 8.86. The molecule has 0 saturated heterocycles. The second kappa shape index (κ2) is 4.53. The van der Waals surface area contributed by atoms with Crippen LogP contribution in [0.5, 0.6) is 0 Å². The third-order valence-electron chi connectivity index (χ3n) is 7.50. The van der Waals surface area contributed by atoms with Crippen LogP contribution in [0.3, 0.4) is 0 Å². The molecular formula is C19H26O3. The van der Waals surface area contributed by atoms with Crippen LogP contribution in [0.1, 0.15) is 58.8 Å². The van der Waals surface area contributed by atoms with E-state index in [0.717, 1.165) is 37.7 Å². The van der Waals surface area contributed by atoms with Gasteiger partial charge in [0, 0.05) is 18.3 Å². The number of ketones is 2. The summed E-state index contributed by atoms with van der Waals surface area (Å²) < 4.78 is 0. The van der Waals surface area contributed by atoms with Crippen LogP contribution < -0.4 is 0 Å². The second-order valence-electron chi connectivity index (χ2n) is 8.45. The van der Waals surface area contributed by atoms with Gasteiger partial charge in [-0.2, -0.15) is 0 Å². The highest BCUT2D eigenvalue weighted by Crippen LogP contribution is 2.63. The Kier molecular flexibility index (Phi) is 3.01. The number of hydrogen-bond acceptors (Lipinski definition) is 3. The van der Waals surface area contributed by atoms with Crippen molar-refractivity contribution < 1.29 is 14.7 Å². The van der Waals surface area contributed by atoms with E-state index in [9.17, 15) is 14.7 Å². The molecule has 22 heavy (non-hydrogen) atoms. The van der Waals surface area contributed by atoms with Crippen LogP contribution in [0, 0.1) is 29.1 Å². The van der Waals surface area contributed by atoms with E-state index in [-0.39, 0.29) is 17.1 Å². The minimum absolute atomic E-state index is 0.155. The molecule has 0 aromatic carbocycles. The van der Waals surface area contributed by atoms with Gasteiger partial charge in [-0.3, -0.25) is 9.59 Å². The fourth-order valence-corrected chi connectivity index (χ4v) is 6.33. The topological polar surface area (TPSA) is 54.4 Å². The lowest BCUT2D eigenvalue weighted by Crippen LogP contribution is -2.57. The lowest BCUT2D eigenvalue weighted by molar-refractivity contribution is -0.144. The summed E-state index contributed by atoms with van der Waals surface area (Å²) in [6, 6.07) is 0. The maximum atomic E-state index is 12.4. The summed E-state index contributed by atoms with van der Waals surface area (Å²) in [5.74, 6) is 2.16. The summed E-state index contributed by atoms with van der Waals surface area (Å²) in [5, 5.41) is 11.4. The first kappa shape index (κ1) is 14.6. The molecule has 3 nitrogen and oxygen atoms in total. The first-order valence-corrected chi connectivity index (χ1v) is 8.86. The molecule has 0 bridgehead atoms. The van der Waals surface area contributed by atoms with Crippen molar-refractivity contribution in [3.63, 3.8) is 0 Å². The Labute approximate surface area is 132 Å². The maximum absolute atomic E-state index is 12.4. The van der Waals surface area contributed by atoms with Crippen molar-refractivity contribution in [1.82, 2.24) is 0 Å². The molecule has 0 aromatic heterocycles. The largest absolute Gasteiger partial charge is 0.385 e. The smallest absolute Gasteiger partial charge is 0.155 e. The lowest BCUT2D eigenvalue weighted by atomic mass is 9.48. The number of carbonyl (C=O) groups is 2. The molecule has 0 radical (unpaired) electrons. The molecule has 4 rings (SSSR count). The van der Waals surface area contributed by atoms with Gasteiger partial charge in [-0.15, -0.1) is 0 Å². The molecule has 120 valence electrons. The van der Waals surface area contributed by atoms with Gasteiger partial charge in [-0.25, -0.2) is 0 Å². The highest BCUT2D eigenvalue weighted by atomic mass is 16.3. The van der Waals surface area contributed by atoms with Gasteiger partial charge in [0.1, 0.15) is 5.78 Å². The molecule has 3 heteroatoms. The molecule has 1 unspecified atom stereocenters. The van der Waals surface area contributed by atoms with E-state index in [2.05, 4.69) is 13.8 Å². The van der Waals surface area contributed by atoms with E-state index in [1.807, 2.05) is 0 Å². The summed E-state index contributed by atoms with van der Waals surface area (Å²) in [7, 11) is 0. The van der Waals surface area contributed by atoms with Crippen LogP contribution in [-0.4, -0.2) is 22.3 Å². The zero-order valence-corrected chi connectivity index (χ0v) is 13.6. The average Bonchev–Trinajstić information content (AvgIpc) is 2.77. The van der Waals surface area contributed by atoms with Gasteiger partial charge < -0.3 is 5.11 Å². The zero-order valence-electron chi connectivity index (χ0n) is 13.6. The predicted molar refractivity (Wildman–Crippen MR) is 83.1 cm³/mol. The van der Waals surface area contributed by atoms with E-state index in [0.29, 0.717) is 36.4 Å². The highest BCUT2D eigenvalue weighted by Gasteiger charge is 2.61. The number of carbonyl (C=O) groups excluding carboxylic acids is 2. The maximum Gasteiger partial charge on any atom is 0.155 e. The molecule has 4 aliphatic rings. The summed E-state index contributed by atoms with van der Waals surface area (Å²) in [6.07, 6.45) is 7.16. The Balaban J connectivity index is 1.75. The normalized spacial score (nSPS) is 51.0. The molecule has 0 amide bonds. The molecular weight excluding hydrogens is 276 g/mol. The van der Waals surface area contributed by atoms with E-state index in [4.69, 9.17) is 0 Å². The molecule has 4 aliphatic carbocycles. The van der Waals surface area contributed by atoms with Gasteiger partial charge >= 0.3 is 0 Å². The highest BCUT2D eigenvalue weighted by molar-refractivity contribution is 5.92. The molecule has 0 heterocycles. The molecule has 1 N–H and O–H groups in total. The quantitative estimate of drug-likeness (QED) is 0.748. The Morgan fingerprint density at radius 2 is 1.91 bits per heavy atom. The average molecular weight is 302 g/mol. The lowest BCUT2D eigenvalue weighted by Gasteiger charge is -2.57. The molecule has 3 saturated carbocycles. The van der Waals surface area contributed by atoms with E-state index < -0.39 is 5.60 Å². The Morgan fingerprint density at radius 1 is 1.14 bits per heavy atom. The minimum Gasteiger partial charge on any atom is -0.385 e. The molecule has 0 aromatic rings. The molecule has 6 atom stereocenters. The van der Waals surface area contributed by atoms with Crippen molar-refractivity contribution in [1.29, 1.82) is 0 Å². The van der Waals surface area contributed by atoms with Crippen molar-refractivity contribution in [2.45, 2.75) is 64.4 Å². The Hall–Kier alpha value is -0.960. The van der Waals surface area contributed by atoms with Crippen molar-refractivity contribution in [2.24, 2.45) is 29.1 Å². The molecule has 0 aliphatic heterocycles. The van der Waals surface area contributed by atoms with Crippen molar-refractivity contribution in [3.05, 3.63) is 11.6 Å². The number of rotatable bonds is 0. The Bertz CT molecular complexity index is 577. The van der Waals surface area contributed by atoms with Gasteiger partial charge in [0.25, 0.3) is 0 Å². The minimum atomic E-state index is -0.780. The first-order chi connectivity index (χ1) is 10.4. The summed E-state index contributed by atoms with van der Waals surface area (Å²) >= 11 is 0. The summed E-state index contributed by atoms with van der Waals surface area (Å²) in [6.45, 7) is 4.42. The fourth-order valence-electron chi connectivity index (χ4n) is 6.33. The zero-order chi connectivity index (χ0) is 15.7. The van der Waals surface area contributed by atoms with Crippen molar-refractivity contribution in [3.8, 4) is 0 Å². The van der Waals surface area contributed by atoms with Gasteiger partial charge in [-0.1, -0.05) is 13.8 Å². The second-order valence-corrected chi connectivity index (χ2v) is 8.45. The van der Waals surface area contributed by atoms with E-state index in [1.165, 1.54) is 0 Å². The SMILES string of the molecule is C[C@@H]1CC2=CC(=O)CCC2(O)[C@H]2CC[C@]3(C)C(=O)CC[C@H]3[C@H]12. The number of fused-ring (bicyclic) bond motifs is 5. The predicted octanol–water partition coefficient (Wildman–Crippen LogP) is 3.06. The van der Waals surface area contributed by atoms with Gasteiger partial charge in [0.05, 0.1) is 5.60 Å². The third kappa shape index (κ3) is 1.72. The van der Waals surface area contributed by atoms with Crippen LogP contribution in [-0.2, 0) is 9.59 Å². The number of Topliss-reactive ketones (excluding diaryl/α,β-unsaturated/α-hetero) is 1. The van der Waals surface area contributed by atoms with Crippen LogP contribution in [0.25, 0.3) is 0 Å². The van der Waals surface area contributed by atoms with Crippen LogP contribution in [0.15, 0.2) is 11.6 Å². The monoisotopic (exact) mass is 302 g/mol.